The average Bonchev–Trinajstić information content (AvgIpc) is 2.17. The predicted molar refractivity (Wildman–Crippen MR) is 56.6 cm³/mol. The standard InChI is InChI=1S/C11H15ClO/c1-3-7-13-11-8-9(4-2)5-6-10(11)12/h5-6,8H,3-4,7H2,1-2H3. The lowest BCUT2D eigenvalue weighted by Crippen LogP contribution is -1.96. The Morgan fingerprint density at radius 3 is 2.69 bits per heavy atom. The SMILES string of the molecule is CCCOc1cc(CC)ccc1Cl. The average molecular weight is 199 g/mol. The van der Waals surface area contributed by atoms with E-state index in [0.29, 0.717) is 5.02 Å². The highest BCUT2D eigenvalue weighted by molar-refractivity contribution is 6.32. The van der Waals surface area contributed by atoms with Crippen LogP contribution in [-0.2, 0) is 6.42 Å². The number of hydrogen-bond donors (Lipinski definition) is 0. The Morgan fingerprint density at radius 1 is 1.31 bits per heavy atom. The fourth-order valence-corrected chi connectivity index (χ4v) is 1.26. The summed E-state index contributed by atoms with van der Waals surface area (Å²) in [5, 5.41) is 0.700. The first-order valence-corrected chi connectivity index (χ1v) is 5.07. The molecule has 0 aliphatic carbocycles. The minimum absolute atomic E-state index is 0.700. The molecule has 0 saturated heterocycles. The summed E-state index contributed by atoms with van der Waals surface area (Å²) in [6, 6.07) is 5.94. The smallest absolute Gasteiger partial charge is 0.138 e. The third-order valence-electron chi connectivity index (χ3n) is 1.87. The molecule has 1 aromatic rings. The number of rotatable bonds is 4. The van der Waals surface area contributed by atoms with E-state index in [1.165, 1.54) is 5.56 Å². The van der Waals surface area contributed by atoms with Gasteiger partial charge in [0.2, 0.25) is 0 Å². The molecule has 0 fully saturated rings. The molecule has 72 valence electrons. The van der Waals surface area contributed by atoms with E-state index in [1.807, 2.05) is 18.2 Å². The monoisotopic (exact) mass is 198 g/mol. The summed E-state index contributed by atoms with van der Waals surface area (Å²) in [6.07, 6.45) is 2.02. The van der Waals surface area contributed by atoms with Crippen molar-refractivity contribution in [3.05, 3.63) is 28.8 Å². The molecule has 0 aliphatic rings. The number of aryl methyl sites for hydroxylation is 1. The van der Waals surface area contributed by atoms with Gasteiger partial charge < -0.3 is 4.74 Å². The minimum atomic E-state index is 0.700. The molecule has 0 radical (unpaired) electrons. The largest absolute Gasteiger partial charge is 0.492 e. The molecule has 0 heterocycles. The number of ether oxygens (including phenoxy) is 1. The second-order valence-corrected chi connectivity index (χ2v) is 3.37. The van der Waals surface area contributed by atoms with Crippen LogP contribution in [0.4, 0.5) is 0 Å². The topological polar surface area (TPSA) is 9.23 Å². The van der Waals surface area contributed by atoms with Gasteiger partial charge in [-0.15, -0.1) is 0 Å². The maximum Gasteiger partial charge on any atom is 0.138 e. The fourth-order valence-electron chi connectivity index (χ4n) is 1.09. The molecule has 0 bridgehead atoms. The quantitative estimate of drug-likeness (QED) is 0.717. The maximum atomic E-state index is 5.96. The van der Waals surface area contributed by atoms with Crippen molar-refractivity contribution in [3.8, 4) is 5.75 Å². The van der Waals surface area contributed by atoms with E-state index in [1.54, 1.807) is 0 Å². The summed E-state index contributed by atoms with van der Waals surface area (Å²) in [6.45, 7) is 4.93. The van der Waals surface area contributed by atoms with Gasteiger partial charge in [0.05, 0.1) is 11.6 Å². The zero-order chi connectivity index (χ0) is 9.68. The van der Waals surface area contributed by atoms with Crippen LogP contribution in [0.15, 0.2) is 18.2 Å². The minimum Gasteiger partial charge on any atom is -0.492 e. The Morgan fingerprint density at radius 2 is 2.08 bits per heavy atom. The Bertz CT molecular complexity index is 271. The number of hydrogen-bond acceptors (Lipinski definition) is 1. The molecule has 1 rings (SSSR count). The van der Waals surface area contributed by atoms with E-state index < -0.39 is 0 Å². The van der Waals surface area contributed by atoms with Crippen molar-refractivity contribution in [2.45, 2.75) is 26.7 Å². The molecule has 0 unspecified atom stereocenters. The molecular formula is C11H15ClO. The highest BCUT2D eigenvalue weighted by Gasteiger charge is 2.01. The van der Waals surface area contributed by atoms with Crippen LogP contribution >= 0.6 is 11.6 Å². The van der Waals surface area contributed by atoms with Crippen molar-refractivity contribution in [3.63, 3.8) is 0 Å². The Balaban J connectivity index is 2.78. The second kappa shape index (κ2) is 5.13. The van der Waals surface area contributed by atoms with Gasteiger partial charge in [-0.05, 0) is 30.5 Å². The third kappa shape index (κ3) is 2.92. The van der Waals surface area contributed by atoms with Crippen molar-refractivity contribution in [2.75, 3.05) is 6.61 Å². The lowest BCUT2D eigenvalue weighted by Gasteiger charge is -2.07. The van der Waals surface area contributed by atoms with Gasteiger partial charge >= 0.3 is 0 Å². The van der Waals surface area contributed by atoms with Crippen LogP contribution in [0.2, 0.25) is 5.02 Å². The molecule has 0 N–H and O–H groups in total. The van der Waals surface area contributed by atoms with Crippen molar-refractivity contribution in [2.24, 2.45) is 0 Å². The molecule has 0 amide bonds. The number of benzene rings is 1. The van der Waals surface area contributed by atoms with Gasteiger partial charge in [0.15, 0.2) is 0 Å². The molecule has 13 heavy (non-hydrogen) atoms. The predicted octanol–water partition coefficient (Wildman–Crippen LogP) is 3.69. The third-order valence-corrected chi connectivity index (χ3v) is 2.18. The lowest BCUT2D eigenvalue weighted by atomic mass is 10.2. The van der Waals surface area contributed by atoms with Gasteiger partial charge in [0.25, 0.3) is 0 Å². The summed E-state index contributed by atoms with van der Waals surface area (Å²) in [4.78, 5) is 0. The first-order chi connectivity index (χ1) is 6.27. The summed E-state index contributed by atoms with van der Waals surface area (Å²) in [5.41, 5.74) is 1.26. The second-order valence-electron chi connectivity index (χ2n) is 2.97. The van der Waals surface area contributed by atoms with Crippen LogP contribution in [0.25, 0.3) is 0 Å². The first kappa shape index (κ1) is 10.4. The fraction of sp³-hybridized carbons (Fsp3) is 0.455. The van der Waals surface area contributed by atoms with Crippen molar-refractivity contribution < 1.29 is 4.74 Å². The van der Waals surface area contributed by atoms with Gasteiger partial charge in [0, 0.05) is 0 Å². The molecule has 0 saturated carbocycles. The van der Waals surface area contributed by atoms with Crippen LogP contribution < -0.4 is 4.74 Å². The zero-order valence-electron chi connectivity index (χ0n) is 8.14. The molecule has 0 spiro atoms. The van der Waals surface area contributed by atoms with Gasteiger partial charge in [-0.2, -0.15) is 0 Å². The molecule has 1 nitrogen and oxygen atoms in total. The van der Waals surface area contributed by atoms with E-state index in [-0.39, 0.29) is 0 Å². The molecule has 2 heteroatoms. The van der Waals surface area contributed by atoms with Crippen LogP contribution in [0.5, 0.6) is 5.75 Å². The maximum absolute atomic E-state index is 5.96. The highest BCUT2D eigenvalue weighted by atomic mass is 35.5. The van der Waals surface area contributed by atoms with Gasteiger partial charge in [-0.25, -0.2) is 0 Å². The molecule has 1 aromatic carbocycles. The van der Waals surface area contributed by atoms with Crippen molar-refractivity contribution in [1.29, 1.82) is 0 Å². The molecule has 0 atom stereocenters. The van der Waals surface area contributed by atoms with E-state index in [0.717, 1.165) is 25.2 Å². The van der Waals surface area contributed by atoms with Crippen LogP contribution in [0, 0.1) is 0 Å². The van der Waals surface area contributed by atoms with Crippen LogP contribution in [0.3, 0.4) is 0 Å². The van der Waals surface area contributed by atoms with E-state index in [4.69, 9.17) is 16.3 Å². The molecule has 0 aromatic heterocycles. The first-order valence-electron chi connectivity index (χ1n) is 4.69. The molecular weight excluding hydrogens is 184 g/mol. The van der Waals surface area contributed by atoms with Gasteiger partial charge in [-0.1, -0.05) is 31.5 Å². The summed E-state index contributed by atoms with van der Waals surface area (Å²) in [5.74, 6) is 0.808. The van der Waals surface area contributed by atoms with E-state index in [2.05, 4.69) is 13.8 Å². The molecule has 0 aliphatic heterocycles. The van der Waals surface area contributed by atoms with Crippen molar-refractivity contribution >= 4 is 11.6 Å². The summed E-state index contributed by atoms with van der Waals surface area (Å²) < 4.78 is 5.50. The Kier molecular flexibility index (Phi) is 4.10. The van der Waals surface area contributed by atoms with Crippen LogP contribution in [-0.4, -0.2) is 6.61 Å². The number of halogens is 1. The summed E-state index contributed by atoms with van der Waals surface area (Å²) >= 11 is 5.96. The van der Waals surface area contributed by atoms with E-state index >= 15 is 0 Å². The zero-order valence-corrected chi connectivity index (χ0v) is 8.90. The van der Waals surface area contributed by atoms with Gasteiger partial charge in [0.1, 0.15) is 5.75 Å². The van der Waals surface area contributed by atoms with Gasteiger partial charge in [-0.3, -0.25) is 0 Å². The van der Waals surface area contributed by atoms with E-state index in [9.17, 15) is 0 Å². The summed E-state index contributed by atoms with van der Waals surface area (Å²) in [7, 11) is 0. The Hall–Kier alpha value is -0.690. The normalized spacial score (nSPS) is 10.1. The van der Waals surface area contributed by atoms with Crippen molar-refractivity contribution in [1.82, 2.24) is 0 Å². The lowest BCUT2D eigenvalue weighted by molar-refractivity contribution is 0.317. The highest BCUT2D eigenvalue weighted by Crippen LogP contribution is 2.25. The van der Waals surface area contributed by atoms with Crippen LogP contribution in [0.1, 0.15) is 25.8 Å². The Labute approximate surface area is 84.7 Å².